The van der Waals surface area contributed by atoms with E-state index in [-0.39, 0.29) is 5.92 Å². The largest absolute Gasteiger partial charge is 0.381 e. The highest BCUT2D eigenvalue weighted by Crippen LogP contribution is 2.40. The van der Waals surface area contributed by atoms with Gasteiger partial charge in [0.05, 0.1) is 0 Å². The van der Waals surface area contributed by atoms with Crippen LogP contribution in [0.5, 0.6) is 0 Å². The molecular formula is C47H51N3S. The summed E-state index contributed by atoms with van der Waals surface area (Å²) in [6.45, 7) is 13.0. The van der Waals surface area contributed by atoms with Crippen molar-refractivity contribution < 1.29 is 0 Å². The highest BCUT2D eigenvalue weighted by atomic mass is 32.1. The van der Waals surface area contributed by atoms with E-state index >= 15 is 0 Å². The van der Waals surface area contributed by atoms with Gasteiger partial charge in [0, 0.05) is 51.0 Å². The molecule has 0 amide bonds. The summed E-state index contributed by atoms with van der Waals surface area (Å²) in [7, 11) is 0. The maximum atomic E-state index is 4.97. The number of benzene rings is 6. The van der Waals surface area contributed by atoms with E-state index in [2.05, 4.69) is 167 Å². The summed E-state index contributed by atoms with van der Waals surface area (Å²) in [5.41, 5.74) is 17.2. The Morgan fingerprint density at radius 1 is 0.549 bits per heavy atom. The molecule has 2 atom stereocenters. The summed E-state index contributed by atoms with van der Waals surface area (Å²) in [6.07, 6.45) is 4.86. The van der Waals surface area contributed by atoms with Crippen molar-refractivity contribution in [2.45, 2.75) is 84.4 Å². The first kappa shape index (κ1) is 34.8. The number of thiol groups is 1. The molecule has 0 aromatic heterocycles. The van der Waals surface area contributed by atoms with Crippen molar-refractivity contribution in [3.05, 3.63) is 159 Å². The Bertz CT molecular complexity index is 2020. The summed E-state index contributed by atoms with van der Waals surface area (Å²) in [5, 5.41) is 14.3. The van der Waals surface area contributed by atoms with Crippen LogP contribution in [-0.2, 0) is 0 Å². The SMILES string of the molecule is Cc1cc(C)c(Nc2ccc(C(c3ccc(Nc4c(C)cc(C)cc4C)cc3)c3ccc(NC4CCCCC4S)c4ccccc34)cc2)c(C)c1. The van der Waals surface area contributed by atoms with Crippen molar-refractivity contribution in [3.63, 3.8) is 0 Å². The van der Waals surface area contributed by atoms with Gasteiger partial charge in [0.1, 0.15) is 0 Å². The number of nitrogens with one attached hydrogen (secondary N) is 3. The number of aryl methyl sites for hydroxylation is 6. The molecule has 0 aliphatic heterocycles. The number of hydrogen-bond donors (Lipinski definition) is 4. The fourth-order valence-corrected chi connectivity index (χ4v) is 8.70. The Morgan fingerprint density at radius 3 is 1.51 bits per heavy atom. The lowest BCUT2D eigenvalue weighted by Gasteiger charge is -2.30. The lowest BCUT2D eigenvalue weighted by atomic mass is 9.82. The van der Waals surface area contributed by atoms with E-state index in [1.54, 1.807) is 0 Å². The second kappa shape index (κ2) is 14.9. The van der Waals surface area contributed by atoms with Crippen LogP contribution in [0.15, 0.2) is 109 Å². The first-order chi connectivity index (χ1) is 24.6. The number of fused-ring (bicyclic) bond motifs is 1. The van der Waals surface area contributed by atoms with Gasteiger partial charge in [-0.2, -0.15) is 12.6 Å². The average Bonchev–Trinajstić information content (AvgIpc) is 3.11. The minimum absolute atomic E-state index is 0.0463. The van der Waals surface area contributed by atoms with Gasteiger partial charge in [-0.25, -0.2) is 0 Å². The fraction of sp³-hybridized carbons (Fsp3) is 0.277. The normalized spacial score (nSPS) is 16.0. The highest BCUT2D eigenvalue weighted by Gasteiger charge is 2.24. The van der Waals surface area contributed by atoms with Crippen molar-refractivity contribution in [3.8, 4) is 0 Å². The Morgan fingerprint density at radius 2 is 1.02 bits per heavy atom. The summed E-state index contributed by atoms with van der Waals surface area (Å²) in [6, 6.07) is 41.0. The molecule has 6 aromatic rings. The number of anilines is 5. The van der Waals surface area contributed by atoms with Crippen molar-refractivity contribution in [2.75, 3.05) is 16.0 Å². The minimum Gasteiger partial charge on any atom is -0.381 e. The molecule has 0 spiro atoms. The maximum absolute atomic E-state index is 4.97. The third-order valence-corrected chi connectivity index (χ3v) is 11.3. The van der Waals surface area contributed by atoms with Crippen LogP contribution in [0.2, 0.25) is 0 Å². The van der Waals surface area contributed by atoms with E-state index in [4.69, 9.17) is 12.6 Å². The first-order valence-electron chi connectivity index (χ1n) is 18.5. The lowest BCUT2D eigenvalue weighted by Crippen LogP contribution is -2.33. The fourth-order valence-electron chi connectivity index (χ4n) is 8.29. The monoisotopic (exact) mass is 689 g/mol. The standard InChI is InChI=1S/C47H51N3S/c1-29-25-31(3)46(32(4)26-29)48-37-19-15-35(16-20-37)45(36-17-21-38(22-18-36)49-47-33(5)27-30(2)28-34(47)6)41-23-24-42(40-12-8-7-11-39(40)41)50-43-13-9-10-14-44(43)51/h7-8,11-12,15-28,43-45,48-51H,9-10,13-14H2,1-6H3. The van der Waals surface area contributed by atoms with Crippen molar-refractivity contribution in [1.82, 2.24) is 0 Å². The predicted molar refractivity (Wildman–Crippen MR) is 224 cm³/mol. The zero-order chi connectivity index (χ0) is 35.6. The van der Waals surface area contributed by atoms with E-state index < -0.39 is 0 Å². The van der Waals surface area contributed by atoms with Crippen molar-refractivity contribution in [2.24, 2.45) is 0 Å². The molecule has 2 unspecified atom stereocenters. The topological polar surface area (TPSA) is 36.1 Å². The summed E-state index contributed by atoms with van der Waals surface area (Å²) in [4.78, 5) is 0. The highest BCUT2D eigenvalue weighted by molar-refractivity contribution is 7.81. The molecule has 51 heavy (non-hydrogen) atoms. The van der Waals surface area contributed by atoms with Gasteiger partial charge >= 0.3 is 0 Å². The van der Waals surface area contributed by atoms with Gasteiger partial charge in [0.15, 0.2) is 0 Å². The van der Waals surface area contributed by atoms with Gasteiger partial charge in [-0.05, 0) is 129 Å². The van der Waals surface area contributed by atoms with Crippen LogP contribution in [0, 0.1) is 41.5 Å². The Balaban J connectivity index is 1.27. The van der Waals surface area contributed by atoms with Crippen LogP contribution in [-0.4, -0.2) is 11.3 Å². The zero-order valence-corrected chi connectivity index (χ0v) is 31.8. The Kier molecular flexibility index (Phi) is 10.2. The molecule has 3 nitrogen and oxygen atoms in total. The van der Waals surface area contributed by atoms with Crippen LogP contribution in [0.1, 0.15) is 81.7 Å². The quantitative estimate of drug-likeness (QED) is 0.0901. The van der Waals surface area contributed by atoms with E-state index in [0.717, 1.165) is 17.8 Å². The third kappa shape index (κ3) is 7.53. The van der Waals surface area contributed by atoms with Gasteiger partial charge in [-0.15, -0.1) is 0 Å². The molecule has 0 bridgehead atoms. The van der Waals surface area contributed by atoms with Crippen molar-refractivity contribution in [1.29, 1.82) is 0 Å². The molecule has 0 heterocycles. The smallest absolute Gasteiger partial charge is 0.0443 e. The molecular weight excluding hydrogens is 639 g/mol. The van der Waals surface area contributed by atoms with Crippen LogP contribution in [0.3, 0.4) is 0 Å². The zero-order valence-electron chi connectivity index (χ0n) is 30.9. The second-order valence-electron chi connectivity index (χ2n) is 14.8. The minimum atomic E-state index is 0.0463. The molecule has 1 aliphatic rings. The molecule has 0 radical (unpaired) electrons. The number of rotatable bonds is 9. The van der Waals surface area contributed by atoms with Gasteiger partial charge in [0.25, 0.3) is 0 Å². The molecule has 1 saturated carbocycles. The molecule has 1 aliphatic carbocycles. The van der Waals surface area contributed by atoms with E-state index in [9.17, 15) is 0 Å². The molecule has 3 N–H and O–H groups in total. The molecule has 260 valence electrons. The molecule has 6 aromatic carbocycles. The van der Waals surface area contributed by atoms with Crippen LogP contribution >= 0.6 is 12.6 Å². The van der Waals surface area contributed by atoms with E-state index in [0.29, 0.717) is 11.3 Å². The Hall–Kier alpha value is -4.67. The van der Waals surface area contributed by atoms with Gasteiger partial charge < -0.3 is 16.0 Å². The lowest BCUT2D eigenvalue weighted by molar-refractivity contribution is 0.477. The number of hydrogen-bond acceptors (Lipinski definition) is 4. The van der Waals surface area contributed by atoms with Gasteiger partial charge in [-0.3, -0.25) is 0 Å². The third-order valence-electron chi connectivity index (χ3n) is 10.7. The first-order valence-corrected chi connectivity index (χ1v) is 19.0. The van der Waals surface area contributed by atoms with Crippen LogP contribution in [0.4, 0.5) is 28.4 Å². The molecule has 7 rings (SSSR count). The Labute approximate surface area is 310 Å². The van der Waals surface area contributed by atoms with Crippen LogP contribution in [0.25, 0.3) is 10.8 Å². The van der Waals surface area contributed by atoms with Gasteiger partial charge in [0.2, 0.25) is 0 Å². The van der Waals surface area contributed by atoms with E-state index in [1.807, 2.05) is 0 Å². The second-order valence-corrected chi connectivity index (χ2v) is 15.5. The predicted octanol–water partition coefficient (Wildman–Crippen LogP) is 13.0. The van der Waals surface area contributed by atoms with Crippen LogP contribution < -0.4 is 16.0 Å². The summed E-state index contributed by atoms with van der Waals surface area (Å²) >= 11 is 4.97. The van der Waals surface area contributed by atoms with Gasteiger partial charge in [-0.1, -0.05) is 103 Å². The summed E-state index contributed by atoms with van der Waals surface area (Å²) in [5.74, 6) is 0.0463. The maximum Gasteiger partial charge on any atom is 0.0443 e. The van der Waals surface area contributed by atoms with E-state index in [1.165, 1.54) is 97.2 Å². The molecule has 4 heteroatoms. The summed E-state index contributed by atoms with van der Waals surface area (Å²) < 4.78 is 0. The average molecular weight is 690 g/mol. The van der Waals surface area contributed by atoms with Crippen molar-refractivity contribution >= 4 is 51.8 Å². The molecule has 1 fully saturated rings. The molecule has 0 saturated heterocycles.